The Kier molecular flexibility index (Phi) is 5.52. The van der Waals surface area contributed by atoms with Crippen LogP contribution in [0.25, 0.3) is 0 Å². The summed E-state index contributed by atoms with van der Waals surface area (Å²) in [5.74, 6) is 1.27. The topological polar surface area (TPSA) is 32.3 Å². The summed E-state index contributed by atoms with van der Waals surface area (Å²) in [5, 5.41) is 3.52. The van der Waals surface area contributed by atoms with E-state index in [-0.39, 0.29) is 18.1 Å². The van der Waals surface area contributed by atoms with Crippen LogP contribution in [0.15, 0.2) is 12.1 Å². The number of rotatable bonds is 6. The third-order valence-electron chi connectivity index (χ3n) is 3.85. The van der Waals surface area contributed by atoms with E-state index >= 15 is 0 Å². The molecule has 0 aliphatic carbocycles. The molecule has 0 bridgehead atoms. The van der Waals surface area contributed by atoms with Crippen LogP contribution in [0.3, 0.4) is 0 Å². The van der Waals surface area contributed by atoms with Crippen LogP contribution >= 0.6 is 23.1 Å². The lowest BCUT2D eigenvalue weighted by Gasteiger charge is -2.31. The maximum Gasteiger partial charge on any atom is 0.241 e. The molecule has 1 saturated heterocycles. The minimum Gasteiger partial charge on any atom is -0.317 e. The van der Waals surface area contributed by atoms with Gasteiger partial charge in [0.1, 0.15) is 6.17 Å². The number of thiophene rings is 1. The number of nitrogens with zero attached hydrogens (tertiary/aromatic N) is 1. The van der Waals surface area contributed by atoms with Crippen LogP contribution in [0, 0.1) is 6.92 Å². The van der Waals surface area contributed by atoms with Crippen molar-refractivity contribution in [3.05, 3.63) is 21.9 Å². The molecule has 1 fully saturated rings. The number of carbonyl (C=O) groups is 1. The van der Waals surface area contributed by atoms with Crippen molar-refractivity contribution in [3.8, 4) is 0 Å². The van der Waals surface area contributed by atoms with Gasteiger partial charge >= 0.3 is 0 Å². The zero-order chi connectivity index (χ0) is 14.7. The lowest BCUT2D eigenvalue weighted by Crippen LogP contribution is -2.41. The highest BCUT2D eigenvalue weighted by Gasteiger charge is 2.42. The Morgan fingerprint density at radius 1 is 1.45 bits per heavy atom. The predicted molar refractivity (Wildman–Crippen MR) is 88.3 cm³/mol. The van der Waals surface area contributed by atoms with Gasteiger partial charge in [-0.05, 0) is 38.2 Å². The summed E-state index contributed by atoms with van der Waals surface area (Å²) in [6.45, 7) is 6.36. The molecule has 3 nitrogen and oxygen atoms in total. The first-order valence-electron chi connectivity index (χ1n) is 7.25. The molecule has 20 heavy (non-hydrogen) atoms. The smallest absolute Gasteiger partial charge is 0.241 e. The summed E-state index contributed by atoms with van der Waals surface area (Å²) in [7, 11) is 0. The van der Waals surface area contributed by atoms with Gasteiger partial charge in [-0.1, -0.05) is 13.8 Å². The van der Waals surface area contributed by atoms with Gasteiger partial charge in [-0.15, -0.1) is 11.3 Å². The molecule has 1 aliphatic rings. The molecule has 0 radical (unpaired) electrons. The first-order valence-corrected chi connectivity index (χ1v) is 9.46. The summed E-state index contributed by atoms with van der Waals surface area (Å²) in [6, 6.07) is 4.58. The fourth-order valence-electron chi connectivity index (χ4n) is 2.74. The van der Waals surface area contributed by atoms with Gasteiger partial charge in [-0.2, -0.15) is 11.8 Å². The average molecular weight is 313 g/mol. The van der Waals surface area contributed by atoms with Crippen molar-refractivity contribution in [2.75, 3.05) is 12.0 Å². The number of hydrogen-bond donors (Lipinski definition) is 1. The number of hydrogen-bond acceptors (Lipinski definition) is 4. The number of aryl methyl sites for hydroxylation is 1. The molecule has 5 heteroatoms. The van der Waals surface area contributed by atoms with Crippen LogP contribution in [0.4, 0.5) is 0 Å². The molecule has 112 valence electrons. The first kappa shape index (κ1) is 15.9. The lowest BCUT2D eigenvalue weighted by atomic mass is 10.2. The largest absolute Gasteiger partial charge is 0.317 e. The molecule has 1 aromatic heterocycles. The van der Waals surface area contributed by atoms with Crippen molar-refractivity contribution in [1.82, 2.24) is 10.2 Å². The molecule has 0 saturated carbocycles. The van der Waals surface area contributed by atoms with Gasteiger partial charge in [0.25, 0.3) is 0 Å². The quantitative estimate of drug-likeness (QED) is 0.873. The van der Waals surface area contributed by atoms with Gasteiger partial charge in [0.05, 0.1) is 6.04 Å². The van der Waals surface area contributed by atoms with Crippen LogP contribution in [-0.2, 0) is 4.79 Å². The normalized spacial score (nSPS) is 24.4. The van der Waals surface area contributed by atoms with Crippen molar-refractivity contribution in [3.63, 3.8) is 0 Å². The molecule has 0 aromatic carbocycles. The molecule has 1 aliphatic heterocycles. The van der Waals surface area contributed by atoms with Crippen molar-refractivity contribution in [1.29, 1.82) is 0 Å². The van der Waals surface area contributed by atoms with E-state index in [1.165, 1.54) is 9.75 Å². The zero-order valence-corrected chi connectivity index (χ0v) is 14.3. The fourth-order valence-corrected chi connectivity index (χ4v) is 4.46. The van der Waals surface area contributed by atoms with Gasteiger partial charge in [0, 0.05) is 21.5 Å². The molecule has 2 heterocycles. The Morgan fingerprint density at radius 3 is 2.70 bits per heavy atom. The fraction of sp³-hybridized carbons (Fsp3) is 0.667. The minimum absolute atomic E-state index is 0.0293. The number of thioether (sulfide) groups is 1. The Balaban J connectivity index is 2.29. The summed E-state index contributed by atoms with van der Waals surface area (Å²) >= 11 is 3.60. The second kappa shape index (κ2) is 6.96. The molecular weight excluding hydrogens is 288 g/mol. The molecule has 1 amide bonds. The SMILES string of the molecule is CCC1NC(c2ccc(C)s2)N(C(CC)CSC)C1=O. The monoisotopic (exact) mass is 312 g/mol. The van der Waals surface area contributed by atoms with Crippen LogP contribution in [0.5, 0.6) is 0 Å². The van der Waals surface area contributed by atoms with E-state index in [2.05, 4.69) is 49.4 Å². The molecule has 3 atom stereocenters. The Hall–Kier alpha value is -0.520. The highest BCUT2D eigenvalue weighted by molar-refractivity contribution is 7.98. The van der Waals surface area contributed by atoms with Crippen LogP contribution in [0.1, 0.15) is 42.6 Å². The van der Waals surface area contributed by atoms with Gasteiger partial charge in [0.15, 0.2) is 0 Å². The maximum atomic E-state index is 12.7. The predicted octanol–water partition coefficient (Wildman–Crippen LogP) is 3.41. The van der Waals surface area contributed by atoms with Crippen molar-refractivity contribution in [2.45, 2.75) is 51.9 Å². The summed E-state index contributed by atoms with van der Waals surface area (Å²) < 4.78 is 0. The van der Waals surface area contributed by atoms with Crippen LogP contribution in [0.2, 0.25) is 0 Å². The second-order valence-corrected chi connectivity index (χ2v) is 7.47. The number of nitrogens with one attached hydrogen (secondary N) is 1. The summed E-state index contributed by atoms with van der Waals surface area (Å²) in [5.41, 5.74) is 0. The van der Waals surface area contributed by atoms with E-state index < -0.39 is 0 Å². The Labute approximate surface area is 130 Å². The van der Waals surface area contributed by atoms with E-state index in [1.54, 1.807) is 11.3 Å². The Morgan fingerprint density at radius 2 is 2.20 bits per heavy atom. The second-order valence-electron chi connectivity index (χ2n) is 5.24. The van der Waals surface area contributed by atoms with E-state index in [9.17, 15) is 4.79 Å². The standard InChI is InChI=1S/C15H24N2OS2/c1-5-11(9-19-4)17-14(13-8-7-10(3)20-13)16-12(6-2)15(17)18/h7-8,11-12,14,16H,5-6,9H2,1-4H3. The van der Waals surface area contributed by atoms with Gasteiger partial charge in [0.2, 0.25) is 5.91 Å². The van der Waals surface area contributed by atoms with Crippen molar-refractivity contribution < 1.29 is 4.79 Å². The Bertz CT molecular complexity index is 460. The molecule has 1 aromatic rings. The zero-order valence-electron chi connectivity index (χ0n) is 12.7. The molecule has 0 spiro atoms. The summed E-state index contributed by atoms with van der Waals surface area (Å²) in [6.07, 6.45) is 4.03. The summed E-state index contributed by atoms with van der Waals surface area (Å²) in [4.78, 5) is 17.3. The van der Waals surface area contributed by atoms with E-state index in [4.69, 9.17) is 0 Å². The molecule has 2 rings (SSSR count). The van der Waals surface area contributed by atoms with Crippen LogP contribution in [-0.4, -0.2) is 34.9 Å². The third-order valence-corrected chi connectivity index (χ3v) is 5.62. The minimum atomic E-state index is -0.0293. The van der Waals surface area contributed by atoms with Gasteiger partial charge in [-0.3, -0.25) is 10.1 Å². The highest BCUT2D eigenvalue weighted by Crippen LogP contribution is 2.34. The third kappa shape index (κ3) is 3.05. The lowest BCUT2D eigenvalue weighted by molar-refractivity contribution is -0.132. The number of amides is 1. The number of carbonyl (C=O) groups excluding carboxylic acids is 1. The molecular formula is C15H24N2OS2. The van der Waals surface area contributed by atoms with E-state index in [1.807, 2.05) is 11.8 Å². The molecule has 1 N–H and O–H groups in total. The first-order chi connectivity index (χ1) is 9.62. The van der Waals surface area contributed by atoms with Crippen molar-refractivity contribution >= 4 is 29.0 Å². The van der Waals surface area contributed by atoms with Crippen molar-refractivity contribution in [2.24, 2.45) is 0 Å². The van der Waals surface area contributed by atoms with Crippen LogP contribution < -0.4 is 5.32 Å². The van der Waals surface area contributed by atoms with E-state index in [0.29, 0.717) is 6.04 Å². The molecule has 3 unspecified atom stereocenters. The average Bonchev–Trinajstić information content (AvgIpc) is 3.00. The maximum absolute atomic E-state index is 12.7. The van der Waals surface area contributed by atoms with Gasteiger partial charge < -0.3 is 4.90 Å². The van der Waals surface area contributed by atoms with Gasteiger partial charge in [-0.25, -0.2) is 0 Å². The van der Waals surface area contributed by atoms with E-state index in [0.717, 1.165) is 18.6 Å². The highest BCUT2D eigenvalue weighted by atomic mass is 32.2.